The number of carbonyl (C=O) groups is 1. The predicted molar refractivity (Wildman–Crippen MR) is 71.6 cm³/mol. The van der Waals surface area contributed by atoms with E-state index in [0.29, 0.717) is 6.42 Å². The minimum Gasteiger partial charge on any atom is -0.481 e. The molecule has 2 aromatic heterocycles. The second-order valence-corrected chi connectivity index (χ2v) is 5.59. The van der Waals surface area contributed by atoms with E-state index in [1.165, 1.54) is 0 Å². The summed E-state index contributed by atoms with van der Waals surface area (Å²) in [4.78, 5) is 23.6. The Hall–Kier alpha value is -1.89. The Morgan fingerprint density at radius 2 is 2.53 bits per heavy atom. The van der Waals surface area contributed by atoms with Crippen LogP contribution in [0.3, 0.4) is 0 Å². The van der Waals surface area contributed by atoms with Gasteiger partial charge in [0, 0.05) is 29.7 Å². The van der Waals surface area contributed by atoms with Gasteiger partial charge < -0.3 is 15.4 Å². The number of carboxylic acids is 1. The van der Waals surface area contributed by atoms with Crippen molar-refractivity contribution in [3.8, 4) is 0 Å². The van der Waals surface area contributed by atoms with E-state index in [2.05, 4.69) is 20.3 Å². The first kappa shape index (κ1) is 12.2. The normalized spacial score (nSPS) is 17.4. The van der Waals surface area contributed by atoms with E-state index >= 15 is 0 Å². The molecule has 1 aliphatic carbocycles. The van der Waals surface area contributed by atoms with Gasteiger partial charge in [-0.2, -0.15) is 0 Å². The number of hydrogen-bond donors (Lipinski definition) is 3. The summed E-state index contributed by atoms with van der Waals surface area (Å²) in [6.07, 6.45) is 5.80. The van der Waals surface area contributed by atoms with E-state index in [4.69, 9.17) is 5.11 Å². The molecule has 2 heterocycles. The van der Waals surface area contributed by atoms with Crippen LogP contribution < -0.4 is 5.32 Å². The van der Waals surface area contributed by atoms with Crippen molar-refractivity contribution in [1.29, 1.82) is 0 Å². The average Bonchev–Trinajstić information content (AvgIpc) is 3.03. The van der Waals surface area contributed by atoms with Gasteiger partial charge in [-0.1, -0.05) is 0 Å². The van der Waals surface area contributed by atoms with Crippen LogP contribution in [0.5, 0.6) is 0 Å². The lowest BCUT2D eigenvalue weighted by Gasteiger charge is -2.03. The Labute approximate surface area is 113 Å². The number of thiazole rings is 1. The Bertz CT molecular complexity index is 579. The highest BCUT2D eigenvalue weighted by Crippen LogP contribution is 2.38. The molecular weight excluding hydrogens is 264 g/mol. The van der Waals surface area contributed by atoms with Gasteiger partial charge in [-0.05, 0) is 12.8 Å². The minimum atomic E-state index is -0.770. The van der Waals surface area contributed by atoms with Crippen molar-refractivity contribution in [3.63, 3.8) is 0 Å². The Morgan fingerprint density at radius 3 is 3.26 bits per heavy atom. The van der Waals surface area contributed by atoms with E-state index < -0.39 is 11.9 Å². The number of aryl methyl sites for hydroxylation is 1. The third-order valence-corrected chi connectivity index (χ3v) is 4.33. The second kappa shape index (κ2) is 5.00. The zero-order chi connectivity index (χ0) is 13.2. The number of nitrogens with zero attached hydrogens (tertiary/aromatic N) is 2. The van der Waals surface area contributed by atoms with Crippen LogP contribution in [0.2, 0.25) is 0 Å². The first-order chi connectivity index (χ1) is 9.24. The highest BCUT2D eigenvalue weighted by Gasteiger charge is 2.32. The number of imidazole rings is 1. The summed E-state index contributed by atoms with van der Waals surface area (Å²) in [5, 5.41) is 13.2. The number of nitrogens with one attached hydrogen (secondary N) is 2. The first-order valence-electron chi connectivity index (χ1n) is 6.17. The number of rotatable bonds is 5. The van der Waals surface area contributed by atoms with Gasteiger partial charge in [0.15, 0.2) is 5.13 Å². The maximum Gasteiger partial charge on any atom is 0.312 e. The SMILES string of the molecule is O=C(O)C1CCc2sc(NCCc3cnc[nH]3)nc21. The van der Waals surface area contributed by atoms with E-state index in [9.17, 15) is 4.79 Å². The van der Waals surface area contributed by atoms with Gasteiger partial charge in [-0.15, -0.1) is 11.3 Å². The van der Waals surface area contributed by atoms with Crippen molar-refractivity contribution in [2.24, 2.45) is 0 Å². The molecule has 0 saturated heterocycles. The number of aliphatic carboxylic acids is 1. The summed E-state index contributed by atoms with van der Waals surface area (Å²) in [6.45, 7) is 0.756. The van der Waals surface area contributed by atoms with Gasteiger partial charge in [0.05, 0.1) is 12.0 Å². The molecule has 0 aromatic carbocycles. The van der Waals surface area contributed by atoms with Crippen LogP contribution in [0.1, 0.15) is 28.6 Å². The number of aromatic nitrogens is 3. The molecular formula is C12H14N4O2S. The summed E-state index contributed by atoms with van der Waals surface area (Å²) < 4.78 is 0. The van der Waals surface area contributed by atoms with Gasteiger partial charge in [-0.3, -0.25) is 4.79 Å². The van der Waals surface area contributed by atoms with Gasteiger partial charge in [0.1, 0.15) is 5.92 Å². The summed E-state index contributed by atoms with van der Waals surface area (Å²) >= 11 is 1.57. The van der Waals surface area contributed by atoms with Crippen LogP contribution in [0, 0.1) is 0 Å². The molecule has 0 saturated carbocycles. The predicted octanol–water partition coefficient (Wildman–Crippen LogP) is 1.64. The van der Waals surface area contributed by atoms with Gasteiger partial charge in [-0.25, -0.2) is 9.97 Å². The Balaban J connectivity index is 1.61. The van der Waals surface area contributed by atoms with Crippen LogP contribution in [0.4, 0.5) is 5.13 Å². The van der Waals surface area contributed by atoms with Crippen molar-refractivity contribution in [2.45, 2.75) is 25.2 Å². The highest BCUT2D eigenvalue weighted by atomic mass is 32.1. The van der Waals surface area contributed by atoms with Crippen LogP contribution in [-0.2, 0) is 17.6 Å². The lowest BCUT2D eigenvalue weighted by atomic mass is 10.1. The smallest absolute Gasteiger partial charge is 0.312 e. The summed E-state index contributed by atoms with van der Waals surface area (Å²) in [5.41, 5.74) is 1.82. The Morgan fingerprint density at radius 1 is 1.63 bits per heavy atom. The number of aromatic amines is 1. The second-order valence-electron chi connectivity index (χ2n) is 4.51. The molecule has 2 aromatic rings. The average molecular weight is 278 g/mol. The van der Waals surface area contributed by atoms with Crippen molar-refractivity contribution in [2.75, 3.05) is 11.9 Å². The van der Waals surface area contributed by atoms with E-state index in [0.717, 1.165) is 40.8 Å². The molecule has 6 nitrogen and oxygen atoms in total. The molecule has 0 radical (unpaired) electrons. The van der Waals surface area contributed by atoms with Crippen LogP contribution in [-0.4, -0.2) is 32.6 Å². The van der Waals surface area contributed by atoms with Crippen molar-refractivity contribution < 1.29 is 9.90 Å². The number of H-pyrrole nitrogens is 1. The molecule has 1 unspecified atom stereocenters. The Kier molecular flexibility index (Phi) is 3.20. The molecule has 19 heavy (non-hydrogen) atoms. The van der Waals surface area contributed by atoms with Crippen LogP contribution in [0.15, 0.2) is 12.5 Å². The first-order valence-corrected chi connectivity index (χ1v) is 6.99. The quantitative estimate of drug-likeness (QED) is 0.773. The summed E-state index contributed by atoms with van der Waals surface area (Å²) in [7, 11) is 0. The molecule has 1 aliphatic rings. The fraction of sp³-hybridized carbons (Fsp3) is 0.417. The maximum atomic E-state index is 11.1. The molecule has 0 spiro atoms. The molecule has 0 bridgehead atoms. The largest absolute Gasteiger partial charge is 0.481 e. The zero-order valence-corrected chi connectivity index (χ0v) is 11.0. The lowest BCUT2D eigenvalue weighted by Crippen LogP contribution is -2.09. The summed E-state index contributed by atoms with van der Waals surface area (Å²) in [5.74, 6) is -1.19. The van der Waals surface area contributed by atoms with Crippen LogP contribution >= 0.6 is 11.3 Å². The number of anilines is 1. The van der Waals surface area contributed by atoms with Crippen molar-refractivity contribution >= 4 is 22.4 Å². The van der Waals surface area contributed by atoms with Crippen molar-refractivity contribution in [3.05, 3.63) is 28.8 Å². The monoisotopic (exact) mass is 278 g/mol. The molecule has 0 aliphatic heterocycles. The van der Waals surface area contributed by atoms with Crippen molar-refractivity contribution in [1.82, 2.24) is 15.0 Å². The van der Waals surface area contributed by atoms with Gasteiger partial charge in [0.25, 0.3) is 0 Å². The molecule has 7 heteroatoms. The fourth-order valence-corrected chi connectivity index (χ4v) is 3.33. The molecule has 3 rings (SSSR count). The zero-order valence-electron chi connectivity index (χ0n) is 10.2. The van der Waals surface area contributed by atoms with Crippen LogP contribution in [0.25, 0.3) is 0 Å². The number of hydrogen-bond acceptors (Lipinski definition) is 5. The maximum absolute atomic E-state index is 11.1. The van der Waals surface area contributed by atoms with E-state index in [1.807, 2.05) is 0 Å². The number of fused-ring (bicyclic) bond motifs is 1. The molecule has 1 atom stereocenters. The molecule has 0 fully saturated rings. The topological polar surface area (TPSA) is 90.9 Å². The summed E-state index contributed by atoms with van der Waals surface area (Å²) in [6, 6.07) is 0. The molecule has 100 valence electrons. The number of carboxylic acid groups (broad SMARTS) is 1. The minimum absolute atomic E-state index is 0.422. The van der Waals surface area contributed by atoms with Gasteiger partial charge in [0.2, 0.25) is 0 Å². The third kappa shape index (κ3) is 2.46. The highest BCUT2D eigenvalue weighted by molar-refractivity contribution is 7.15. The molecule has 3 N–H and O–H groups in total. The standard InChI is InChI=1S/C12H14N4O2S/c17-11(18)8-1-2-9-10(8)16-12(19-9)14-4-3-7-5-13-6-15-7/h5-6,8H,1-4H2,(H,13,15)(H,14,16)(H,17,18). The van der Waals surface area contributed by atoms with E-state index in [-0.39, 0.29) is 0 Å². The van der Waals surface area contributed by atoms with Gasteiger partial charge >= 0.3 is 5.97 Å². The fourth-order valence-electron chi connectivity index (χ4n) is 2.27. The lowest BCUT2D eigenvalue weighted by molar-refractivity contribution is -0.138. The molecule has 0 amide bonds. The third-order valence-electron chi connectivity index (χ3n) is 3.24. The van der Waals surface area contributed by atoms with E-state index in [1.54, 1.807) is 23.9 Å².